The Labute approximate surface area is 93.3 Å². The molecule has 1 unspecified atom stereocenters. The second-order valence-electron chi connectivity index (χ2n) is 3.02. The van der Waals surface area contributed by atoms with Gasteiger partial charge in [0.25, 0.3) is 0 Å². The van der Waals surface area contributed by atoms with Gasteiger partial charge in [0.1, 0.15) is 5.82 Å². The first-order valence-electron chi connectivity index (χ1n) is 4.57. The van der Waals surface area contributed by atoms with Gasteiger partial charge in [-0.05, 0) is 34.5 Å². The fourth-order valence-corrected chi connectivity index (χ4v) is 1.34. The summed E-state index contributed by atoms with van der Waals surface area (Å²) in [7, 11) is 0. The Hall–Kier alpha value is -1.01. The summed E-state index contributed by atoms with van der Waals surface area (Å²) in [5.41, 5.74) is 0. The quantitative estimate of drug-likeness (QED) is 0.834. The summed E-state index contributed by atoms with van der Waals surface area (Å²) in [4.78, 5) is 4.22. The molecule has 0 bridgehead atoms. The topological polar surface area (TPSA) is 24.9 Å². The fourth-order valence-electron chi connectivity index (χ4n) is 1.11. The van der Waals surface area contributed by atoms with Crippen LogP contribution >= 0.6 is 15.9 Å². The number of hydrogen-bond donors (Lipinski definition) is 1. The Kier molecular flexibility index (Phi) is 4.48. The Morgan fingerprint density at radius 1 is 1.64 bits per heavy atom. The molecule has 0 radical (unpaired) electrons. The molecule has 0 aliphatic heterocycles. The van der Waals surface area contributed by atoms with Crippen molar-refractivity contribution >= 4 is 21.7 Å². The minimum atomic E-state index is 0.314. The van der Waals surface area contributed by atoms with Crippen molar-refractivity contribution in [3.8, 4) is 12.3 Å². The van der Waals surface area contributed by atoms with Crippen LogP contribution in [0.3, 0.4) is 0 Å². The van der Waals surface area contributed by atoms with E-state index >= 15 is 0 Å². The summed E-state index contributed by atoms with van der Waals surface area (Å²) >= 11 is 3.34. The molecule has 0 fully saturated rings. The average molecular weight is 253 g/mol. The van der Waals surface area contributed by atoms with Crippen molar-refractivity contribution in [2.24, 2.45) is 0 Å². The minimum absolute atomic E-state index is 0.314. The molecule has 3 heteroatoms. The van der Waals surface area contributed by atoms with Gasteiger partial charge < -0.3 is 5.32 Å². The Bertz CT molecular complexity index is 313. The SMILES string of the molecule is C#CCC(CC)Nc1ccc(Br)cn1. The second-order valence-corrected chi connectivity index (χ2v) is 3.94. The van der Waals surface area contributed by atoms with Crippen LogP contribution in [-0.2, 0) is 0 Å². The van der Waals surface area contributed by atoms with Crippen molar-refractivity contribution in [2.75, 3.05) is 5.32 Å². The van der Waals surface area contributed by atoms with E-state index in [4.69, 9.17) is 6.42 Å². The molecule has 2 nitrogen and oxygen atoms in total. The molecule has 0 saturated heterocycles. The van der Waals surface area contributed by atoms with Crippen LogP contribution in [-0.4, -0.2) is 11.0 Å². The van der Waals surface area contributed by atoms with E-state index in [1.165, 1.54) is 0 Å². The Morgan fingerprint density at radius 2 is 2.43 bits per heavy atom. The number of anilines is 1. The molecule has 74 valence electrons. The van der Waals surface area contributed by atoms with Crippen LogP contribution in [0.4, 0.5) is 5.82 Å². The predicted molar refractivity (Wildman–Crippen MR) is 63.1 cm³/mol. The lowest BCUT2D eigenvalue weighted by Gasteiger charge is -2.14. The molecule has 0 saturated carbocycles. The van der Waals surface area contributed by atoms with Crippen LogP contribution in [0.1, 0.15) is 19.8 Å². The number of halogens is 1. The summed E-state index contributed by atoms with van der Waals surface area (Å²) < 4.78 is 0.980. The van der Waals surface area contributed by atoms with Crippen molar-refractivity contribution in [2.45, 2.75) is 25.8 Å². The van der Waals surface area contributed by atoms with Gasteiger partial charge in [-0.25, -0.2) is 4.98 Å². The zero-order valence-electron chi connectivity index (χ0n) is 8.13. The third-order valence-electron chi connectivity index (χ3n) is 1.94. The lowest BCUT2D eigenvalue weighted by Crippen LogP contribution is -2.18. The summed E-state index contributed by atoms with van der Waals surface area (Å²) in [5.74, 6) is 3.52. The normalized spacial score (nSPS) is 11.8. The van der Waals surface area contributed by atoms with E-state index < -0.39 is 0 Å². The van der Waals surface area contributed by atoms with E-state index in [1.54, 1.807) is 6.20 Å². The average Bonchev–Trinajstić information content (AvgIpc) is 2.20. The largest absolute Gasteiger partial charge is 0.366 e. The van der Waals surface area contributed by atoms with Crippen LogP contribution < -0.4 is 5.32 Å². The van der Waals surface area contributed by atoms with Crippen molar-refractivity contribution in [3.63, 3.8) is 0 Å². The first-order chi connectivity index (χ1) is 6.76. The maximum Gasteiger partial charge on any atom is 0.126 e. The summed E-state index contributed by atoms with van der Waals surface area (Å²) in [5, 5.41) is 3.28. The molecule has 0 amide bonds. The molecule has 0 aromatic carbocycles. The maximum absolute atomic E-state index is 5.26. The fraction of sp³-hybridized carbons (Fsp3) is 0.364. The summed E-state index contributed by atoms with van der Waals surface area (Å²) in [6, 6.07) is 4.20. The molecule has 1 rings (SSSR count). The molecule has 1 aromatic rings. The van der Waals surface area contributed by atoms with Crippen molar-refractivity contribution in [3.05, 3.63) is 22.8 Å². The van der Waals surface area contributed by atoms with Crippen LogP contribution in [0, 0.1) is 12.3 Å². The first kappa shape index (κ1) is 11.1. The Balaban J connectivity index is 2.59. The van der Waals surface area contributed by atoms with Gasteiger partial charge in [-0.1, -0.05) is 6.92 Å². The smallest absolute Gasteiger partial charge is 0.126 e. The number of rotatable bonds is 4. The number of pyridine rings is 1. The second kappa shape index (κ2) is 5.66. The molecule has 14 heavy (non-hydrogen) atoms. The van der Waals surface area contributed by atoms with Gasteiger partial charge in [-0.3, -0.25) is 0 Å². The zero-order valence-corrected chi connectivity index (χ0v) is 9.71. The van der Waals surface area contributed by atoms with E-state index in [-0.39, 0.29) is 0 Å². The zero-order chi connectivity index (χ0) is 10.4. The highest BCUT2D eigenvalue weighted by Gasteiger charge is 2.04. The highest BCUT2D eigenvalue weighted by Crippen LogP contribution is 2.12. The monoisotopic (exact) mass is 252 g/mol. The van der Waals surface area contributed by atoms with Gasteiger partial charge in [0.05, 0.1) is 0 Å². The Morgan fingerprint density at radius 3 is 2.93 bits per heavy atom. The molecular formula is C11H13BrN2. The third-order valence-corrected chi connectivity index (χ3v) is 2.41. The minimum Gasteiger partial charge on any atom is -0.366 e. The highest BCUT2D eigenvalue weighted by atomic mass is 79.9. The van der Waals surface area contributed by atoms with Crippen molar-refractivity contribution in [1.82, 2.24) is 4.98 Å². The van der Waals surface area contributed by atoms with E-state index in [0.29, 0.717) is 6.04 Å². The van der Waals surface area contributed by atoms with Gasteiger partial charge >= 0.3 is 0 Å². The van der Waals surface area contributed by atoms with Crippen molar-refractivity contribution < 1.29 is 0 Å². The van der Waals surface area contributed by atoms with E-state index in [1.807, 2.05) is 12.1 Å². The molecule has 0 aliphatic carbocycles. The first-order valence-corrected chi connectivity index (χ1v) is 5.37. The molecular weight excluding hydrogens is 240 g/mol. The van der Waals surface area contributed by atoms with E-state index in [9.17, 15) is 0 Å². The van der Waals surface area contributed by atoms with Crippen molar-refractivity contribution in [1.29, 1.82) is 0 Å². The standard InChI is InChI=1S/C11H13BrN2/c1-3-5-10(4-2)14-11-7-6-9(12)8-13-11/h1,6-8,10H,4-5H2,2H3,(H,13,14). The van der Waals surface area contributed by atoms with Gasteiger partial charge in [0, 0.05) is 23.1 Å². The number of terminal acetylenes is 1. The van der Waals surface area contributed by atoms with Gasteiger partial charge in [-0.15, -0.1) is 12.3 Å². The van der Waals surface area contributed by atoms with Crippen LogP contribution in [0.25, 0.3) is 0 Å². The van der Waals surface area contributed by atoms with Crippen LogP contribution in [0.15, 0.2) is 22.8 Å². The molecule has 0 aliphatic rings. The van der Waals surface area contributed by atoms with E-state index in [0.717, 1.165) is 23.1 Å². The van der Waals surface area contributed by atoms with Gasteiger partial charge in [0.2, 0.25) is 0 Å². The number of hydrogen-bond acceptors (Lipinski definition) is 2. The number of nitrogens with zero attached hydrogens (tertiary/aromatic N) is 1. The summed E-state index contributed by atoms with van der Waals surface area (Å²) in [6.45, 7) is 2.11. The lowest BCUT2D eigenvalue weighted by molar-refractivity contribution is 0.711. The van der Waals surface area contributed by atoms with Gasteiger partial charge in [-0.2, -0.15) is 0 Å². The third kappa shape index (κ3) is 3.39. The lowest BCUT2D eigenvalue weighted by atomic mass is 10.1. The molecule has 1 aromatic heterocycles. The maximum atomic E-state index is 5.26. The van der Waals surface area contributed by atoms with Crippen LogP contribution in [0.5, 0.6) is 0 Å². The summed E-state index contributed by atoms with van der Waals surface area (Å²) in [6.07, 6.45) is 8.77. The predicted octanol–water partition coefficient (Wildman–Crippen LogP) is 3.06. The molecule has 1 N–H and O–H groups in total. The number of nitrogens with one attached hydrogen (secondary N) is 1. The molecule has 1 atom stereocenters. The number of aromatic nitrogens is 1. The van der Waals surface area contributed by atoms with Gasteiger partial charge in [0.15, 0.2) is 0 Å². The molecule has 1 heterocycles. The molecule has 0 spiro atoms. The van der Waals surface area contributed by atoms with E-state index in [2.05, 4.69) is 39.1 Å². The highest BCUT2D eigenvalue weighted by molar-refractivity contribution is 9.10. The van der Waals surface area contributed by atoms with Crippen LogP contribution in [0.2, 0.25) is 0 Å².